The van der Waals surface area contributed by atoms with Crippen molar-refractivity contribution in [2.24, 2.45) is 0 Å². The molecule has 0 aliphatic heterocycles. The molecule has 29 heavy (non-hydrogen) atoms. The van der Waals surface area contributed by atoms with Gasteiger partial charge in [0.2, 0.25) is 17.6 Å². The number of hydrogen-bond acceptors (Lipinski definition) is 7. The van der Waals surface area contributed by atoms with E-state index in [1.165, 1.54) is 11.8 Å². The molecule has 1 heterocycles. The molecule has 0 radical (unpaired) electrons. The van der Waals surface area contributed by atoms with Crippen molar-refractivity contribution in [3.05, 3.63) is 53.4 Å². The fourth-order valence-electron chi connectivity index (χ4n) is 2.69. The first-order chi connectivity index (χ1) is 14.0. The standard InChI is InChI=1S/C21H23N3O4S/c1-13-5-6-14(2)16(9-13)22-19(25)11-29-12-20-23-21(24-28-20)15-7-8-17(26-3)18(10-15)27-4/h5-10H,11-12H2,1-4H3,(H,22,25). The number of hydrogen-bond donors (Lipinski definition) is 1. The molecule has 0 aliphatic rings. The number of methoxy groups -OCH3 is 2. The number of nitrogens with zero attached hydrogens (tertiary/aromatic N) is 2. The monoisotopic (exact) mass is 413 g/mol. The third-order valence-electron chi connectivity index (χ3n) is 4.24. The summed E-state index contributed by atoms with van der Waals surface area (Å²) in [4.78, 5) is 16.6. The van der Waals surface area contributed by atoms with E-state index < -0.39 is 0 Å². The number of thioether (sulfide) groups is 1. The van der Waals surface area contributed by atoms with Crippen molar-refractivity contribution in [2.75, 3.05) is 25.3 Å². The first-order valence-corrected chi connectivity index (χ1v) is 10.2. The van der Waals surface area contributed by atoms with Crippen molar-refractivity contribution in [1.29, 1.82) is 0 Å². The van der Waals surface area contributed by atoms with Crippen LogP contribution in [-0.4, -0.2) is 36.0 Å². The van der Waals surface area contributed by atoms with Gasteiger partial charge < -0.3 is 19.3 Å². The highest BCUT2D eigenvalue weighted by Crippen LogP contribution is 2.31. The van der Waals surface area contributed by atoms with Gasteiger partial charge in [-0.3, -0.25) is 4.79 Å². The molecule has 152 valence electrons. The summed E-state index contributed by atoms with van der Waals surface area (Å²) in [5, 5.41) is 6.95. The minimum atomic E-state index is -0.0664. The number of carbonyl (C=O) groups is 1. The quantitative estimate of drug-likeness (QED) is 0.591. The third-order valence-corrected chi connectivity index (χ3v) is 5.15. The first kappa shape index (κ1) is 20.7. The number of carbonyl (C=O) groups excluding carboxylic acids is 1. The van der Waals surface area contributed by atoms with E-state index in [9.17, 15) is 4.79 Å². The van der Waals surface area contributed by atoms with E-state index in [1.807, 2.05) is 38.1 Å². The Balaban J connectivity index is 1.55. The minimum absolute atomic E-state index is 0.0664. The van der Waals surface area contributed by atoms with Gasteiger partial charge in [-0.25, -0.2) is 0 Å². The predicted molar refractivity (Wildman–Crippen MR) is 114 cm³/mol. The van der Waals surface area contributed by atoms with Crippen molar-refractivity contribution in [3.63, 3.8) is 0 Å². The lowest BCUT2D eigenvalue weighted by Gasteiger charge is -2.08. The van der Waals surface area contributed by atoms with Crippen molar-refractivity contribution < 1.29 is 18.8 Å². The van der Waals surface area contributed by atoms with E-state index in [0.29, 0.717) is 34.7 Å². The smallest absolute Gasteiger partial charge is 0.236 e. The summed E-state index contributed by atoms with van der Waals surface area (Å²) < 4.78 is 15.8. The Bertz CT molecular complexity index is 1000. The fraction of sp³-hybridized carbons (Fsp3) is 0.286. The number of ether oxygens (including phenoxy) is 2. The van der Waals surface area contributed by atoms with Gasteiger partial charge in [-0.15, -0.1) is 11.8 Å². The lowest BCUT2D eigenvalue weighted by molar-refractivity contribution is -0.113. The highest BCUT2D eigenvalue weighted by molar-refractivity contribution is 7.99. The molecule has 0 saturated heterocycles. The van der Waals surface area contributed by atoms with Gasteiger partial charge in [0.05, 0.1) is 25.7 Å². The summed E-state index contributed by atoms with van der Waals surface area (Å²) in [5.41, 5.74) is 3.73. The molecular weight excluding hydrogens is 390 g/mol. The van der Waals surface area contributed by atoms with Gasteiger partial charge in [-0.2, -0.15) is 4.98 Å². The van der Waals surface area contributed by atoms with Crippen LogP contribution in [-0.2, 0) is 10.5 Å². The zero-order valence-electron chi connectivity index (χ0n) is 16.8. The molecule has 1 amide bonds. The second kappa shape index (κ2) is 9.47. The van der Waals surface area contributed by atoms with Crippen LogP contribution in [0.2, 0.25) is 0 Å². The van der Waals surface area contributed by atoms with Crippen molar-refractivity contribution in [3.8, 4) is 22.9 Å². The van der Waals surface area contributed by atoms with E-state index in [2.05, 4.69) is 15.5 Å². The van der Waals surface area contributed by atoms with Crippen molar-refractivity contribution in [1.82, 2.24) is 10.1 Å². The van der Waals surface area contributed by atoms with Gasteiger partial charge in [-0.1, -0.05) is 17.3 Å². The lowest BCUT2D eigenvalue weighted by atomic mass is 10.1. The second-order valence-corrected chi connectivity index (χ2v) is 7.43. The average Bonchev–Trinajstić information content (AvgIpc) is 3.19. The zero-order valence-corrected chi connectivity index (χ0v) is 17.6. The van der Waals surface area contributed by atoms with Crippen LogP contribution in [0.25, 0.3) is 11.4 Å². The molecule has 0 aliphatic carbocycles. The number of benzene rings is 2. The van der Waals surface area contributed by atoms with Crippen molar-refractivity contribution >= 4 is 23.4 Å². The molecule has 0 bridgehead atoms. The molecule has 8 heteroatoms. The Labute approximate surface area is 173 Å². The average molecular weight is 413 g/mol. The second-order valence-electron chi connectivity index (χ2n) is 6.44. The first-order valence-electron chi connectivity index (χ1n) is 9.00. The van der Waals surface area contributed by atoms with E-state index in [-0.39, 0.29) is 5.91 Å². The van der Waals surface area contributed by atoms with Crippen LogP contribution in [0.5, 0.6) is 11.5 Å². The number of nitrogens with one attached hydrogen (secondary N) is 1. The number of aromatic nitrogens is 2. The summed E-state index contributed by atoms with van der Waals surface area (Å²) in [7, 11) is 3.15. The molecule has 7 nitrogen and oxygen atoms in total. The molecule has 3 rings (SSSR count). The molecule has 0 atom stereocenters. The maximum Gasteiger partial charge on any atom is 0.236 e. The maximum atomic E-state index is 12.2. The molecule has 0 saturated carbocycles. The summed E-state index contributed by atoms with van der Waals surface area (Å²) in [5.74, 6) is 2.81. The van der Waals surface area contributed by atoms with Crippen LogP contribution in [0.15, 0.2) is 40.9 Å². The van der Waals surface area contributed by atoms with Crippen LogP contribution in [0.3, 0.4) is 0 Å². The van der Waals surface area contributed by atoms with E-state index in [1.54, 1.807) is 26.4 Å². The summed E-state index contributed by atoms with van der Waals surface area (Å²) >= 11 is 1.41. The van der Waals surface area contributed by atoms with E-state index in [4.69, 9.17) is 14.0 Å². The summed E-state index contributed by atoms with van der Waals surface area (Å²) in [6.07, 6.45) is 0. The van der Waals surface area contributed by atoms with Crippen LogP contribution in [0, 0.1) is 13.8 Å². The molecule has 0 fully saturated rings. The Kier molecular flexibility index (Phi) is 6.77. The largest absolute Gasteiger partial charge is 0.493 e. The predicted octanol–water partition coefficient (Wildman–Crippen LogP) is 4.24. The third kappa shape index (κ3) is 5.29. The molecule has 0 unspecified atom stereocenters. The number of rotatable bonds is 8. The minimum Gasteiger partial charge on any atom is -0.493 e. The molecular formula is C21H23N3O4S. The Hall–Kier alpha value is -3.00. The molecule has 0 spiro atoms. The SMILES string of the molecule is COc1ccc(-c2noc(CSCC(=O)Nc3cc(C)ccc3C)n2)cc1OC. The van der Waals surface area contributed by atoms with Gasteiger partial charge in [0.1, 0.15) is 0 Å². The van der Waals surface area contributed by atoms with Crippen LogP contribution >= 0.6 is 11.8 Å². The lowest BCUT2D eigenvalue weighted by Crippen LogP contribution is -2.15. The highest BCUT2D eigenvalue weighted by Gasteiger charge is 2.13. The summed E-state index contributed by atoms with van der Waals surface area (Å²) in [6, 6.07) is 11.4. The fourth-order valence-corrected chi connectivity index (χ4v) is 3.35. The van der Waals surface area contributed by atoms with Crippen LogP contribution in [0.1, 0.15) is 17.0 Å². The highest BCUT2D eigenvalue weighted by atomic mass is 32.2. The zero-order chi connectivity index (χ0) is 20.8. The van der Waals surface area contributed by atoms with Crippen LogP contribution < -0.4 is 14.8 Å². The maximum absolute atomic E-state index is 12.2. The topological polar surface area (TPSA) is 86.5 Å². The number of aryl methyl sites for hydroxylation is 2. The Morgan fingerprint density at radius 3 is 2.66 bits per heavy atom. The molecule has 2 aromatic carbocycles. The summed E-state index contributed by atoms with van der Waals surface area (Å²) in [6.45, 7) is 3.96. The molecule has 1 N–H and O–H groups in total. The van der Waals surface area contributed by atoms with Gasteiger partial charge in [-0.05, 0) is 49.2 Å². The van der Waals surface area contributed by atoms with Crippen molar-refractivity contribution in [2.45, 2.75) is 19.6 Å². The van der Waals surface area contributed by atoms with Gasteiger partial charge in [0.25, 0.3) is 0 Å². The van der Waals surface area contributed by atoms with E-state index >= 15 is 0 Å². The van der Waals surface area contributed by atoms with Crippen LogP contribution in [0.4, 0.5) is 5.69 Å². The Morgan fingerprint density at radius 1 is 1.10 bits per heavy atom. The van der Waals surface area contributed by atoms with Gasteiger partial charge in [0.15, 0.2) is 11.5 Å². The van der Waals surface area contributed by atoms with E-state index in [0.717, 1.165) is 22.4 Å². The van der Waals surface area contributed by atoms with Gasteiger partial charge in [0, 0.05) is 11.3 Å². The number of amides is 1. The Morgan fingerprint density at radius 2 is 1.90 bits per heavy atom. The normalized spacial score (nSPS) is 10.6. The molecule has 1 aromatic heterocycles. The van der Waals surface area contributed by atoms with Gasteiger partial charge >= 0.3 is 0 Å². The number of anilines is 1. The molecule has 3 aromatic rings.